The van der Waals surface area contributed by atoms with Crippen LogP contribution in [0.1, 0.15) is 194 Å². The standard InChI is InChI=1S/C58H90O6/c1-4-7-10-13-16-19-22-24-25-26-27-28-29-30-31-32-33-35-36-39-42-45-48-51-57(60)63-54-55(53-62-56(59)50-47-44-41-38-21-18-15-12-9-6-3)64-58(61)52-49-46-43-40-37-34-23-20-17-14-11-8-5-2/h7-8,10-12,15-17,19-20,24-25,27-28,30-31,33-35,37,43,46,55H,4-6,9,13-14,18,21-23,26,29,32,36,38-42,44-45,47-54H2,1-3H3/b10-7-,11-8-,15-12-,19-16-,20-17-,25-24-,28-27-,31-30-,35-33-,37-34-,46-43-. The molecule has 0 bridgehead atoms. The zero-order valence-corrected chi connectivity index (χ0v) is 40.7. The van der Waals surface area contributed by atoms with Crippen LogP contribution in [-0.2, 0) is 28.6 Å². The van der Waals surface area contributed by atoms with Gasteiger partial charge < -0.3 is 14.2 Å². The molecule has 0 saturated carbocycles. The van der Waals surface area contributed by atoms with Crippen LogP contribution in [0.15, 0.2) is 134 Å². The Kier molecular flexibility index (Phi) is 47.6. The fourth-order valence-corrected chi connectivity index (χ4v) is 6.16. The lowest BCUT2D eigenvalue weighted by atomic mass is 10.1. The summed E-state index contributed by atoms with van der Waals surface area (Å²) in [6.45, 7) is 6.22. The third kappa shape index (κ3) is 48.6. The summed E-state index contributed by atoms with van der Waals surface area (Å²) in [4.78, 5) is 37.8. The van der Waals surface area contributed by atoms with E-state index in [2.05, 4.69) is 142 Å². The molecular weight excluding hydrogens is 793 g/mol. The van der Waals surface area contributed by atoms with Gasteiger partial charge in [0.1, 0.15) is 13.2 Å². The Morgan fingerprint density at radius 2 is 0.641 bits per heavy atom. The van der Waals surface area contributed by atoms with Crippen LogP contribution < -0.4 is 0 Å². The van der Waals surface area contributed by atoms with Gasteiger partial charge in [-0.3, -0.25) is 14.4 Å². The fourth-order valence-electron chi connectivity index (χ4n) is 6.16. The van der Waals surface area contributed by atoms with Gasteiger partial charge in [0.25, 0.3) is 0 Å². The topological polar surface area (TPSA) is 78.9 Å². The Morgan fingerprint density at radius 1 is 0.328 bits per heavy atom. The van der Waals surface area contributed by atoms with Gasteiger partial charge in [-0.25, -0.2) is 0 Å². The molecule has 6 nitrogen and oxygen atoms in total. The van der Waals surface area contributed by atoms with Gasteiger partial charge >= 0.3 is 17.9 Å². The number of unbranched alkanes of at least 4 members (excludes halogenated alkanes) is 10. The van der Waals surface area contributed by atoms with Gasteiger partial charge in [-0.1, -0.05) is 193 Å². The Balaban J connectivity index is 4.46. The summed E-state index contributed by atoms with van der Waals surface area (Å²) in [5.74, 6) is -1.06. The second-order valence-corrected chi connectivity index (χ2v) is 16.0. The zero-order valence-electron chi connectivity index (χ0n) is 40.7. The molecule has 64 heavy (non-hydrogen) atoms. The first-order valence-corrected chi connectivity index (χ1v) is 25.2. The zero-order chi connectivity index (χ0) is 46.5. The average molecular weight is 883 g/mol. The predicted octanol–water partition coefficient (Wildman–Crippen LogP) is 16.7. The quantitative estimate of drug-likeness (QED) is 0.0263. The number of carbonyl (C=O) groups excluding carboxylic acids is 3. The summed E-state index contributed by atoms with van der Waals surface area (Å²) in [7, 11) is 0. The van der Waals surface area contributed by atoms with Gasteiger partial charge in [0.2, 0.25) is 0 Å². The normalized spacial score (nSPS) is 13.2. The number of esters is 3. The third-order valence-corrected chi connectivity index (χ3v) is 9.86. The van der Waals surface area contributed by atoms with E-state index in [1.807, 2.05) is 12.2 Å². The van der Waals surface area contributed by atoms with Crippen LogP contribution in [0.5, 0.6) is 0 Å². The van der Waals surface area contributed by atoms with Crippen LogP contribution in [0.25, 0.3) is 0 Å². The number of allylic oxidation sites excluding steroid dienone is 22. The Labute approximate surface area is 392 Å². The average Bonchev–Trinajstić information content (AvgIpc) is 3.29. The molecule has 0 rings (SSSR count). The molecule has 0 N–H and O–H groups in total. The number of hydrogen-bond donors (Lipinski definition) is 0. The first-order chi connectivity index (χ1) is 31.5. The van der Waals surface area contributed by atoms with Crippen LogP contribution >= 0.6 is 0 Å². The molecule has 0 radical (unpaired) electrons. The highest BCUT2D eigenvalue weighted by atomic mass is 16.6. The van der Waals surface area contributed by atoms with Crippen molar-refractivity contribution in [2.75, 3.05) is 13.2 Å². The van der Waals surface area contributed by atoms with Crippen molar-refractivity contribution in [2.24, 2.45) is 0 Å². The highest BCUT2D eigenvalue weighted by Gasteiger charge is 2.19. The minimum atomic E-state index is -0.833. The van der Waals surface area contributed by atoms with Crippen LogP contribution in [-0.4, -0.2) is 37.2 Å². The van der Waals surface area contributed by atoms with Crippen LogP contribution in [0.3, 0.4) is 0 Å². The Bertz CT molecular complexity index is 1430. The maximum atomic E-state index is 12.7. The van der Waals surface area contributed by atoms with E-state index in [0.717, 1.165) is 135 Å². The van der Waals surface area contributed by atoms with Gasteiger partial charge in [0.05, 0.1) is 0 Å². The molecule has 1 unspecified atom stereocenters. The lowest BCUT2D eigenvalue weighted by molar-refractivity contribution is -0.166. The first-order valence-electron chi connectivity index (χ1n) is 25.2. The number of rotatable bonds is 43. The third-order valence-electron chi connectivity index (χ3n) is 9.86. The minimum absolute atomic E-state index is 0.124. The number of carbonyl (C=O) groups is 3. The van der Waals surface area contributed by atoms with Gasteiger partial charge in [-0.15, -0.1) is 0 Å². The Morgan fingerprint density at radius 3 is 1.03 bits per heavy atom. The number of hydrogen-bond acceptors (Lipinski definition) is 6. The lowest BCUT2D eigenvalue weighted by Gasteiger charge is -2.18. The Hall–Kier alpha value is -4.45. The first kappa shape index (κ1) is 59.5. The molecule has 0 aliphatic rings. The van der Waals surface area contributed by atoms with E-state index >= 15 is 0 Å². The molecule has 0 aliphatic heterocycles. The fraction of sp³-hybridized carbons (Fsp3) is 0.569. The lowest BCUT2D eigenvalue weighted by Crippen LogP contribution is -2.30. The molecule has 358 valence electrons. The van der Waals surface area contributed by atoms with Crippen molar-refractivity contribution in [1.82, 2.24) is 0 Å². The summed E-state index contributed by atoms with van der Waals surface area (Å²) in [5, 5.41) is 0. The summed E-state index contributed by atoms with van der Waals surface area (Å²) >= 11 is 0. The molecule has 0 aromatic heterocycles. The summed E-state index contributed by atoms with van der Waals surface area (Å²) in [6, 6.07) is 0. The summed E-state index contributed by atoms with van der Waals surface area (Å²) in [6.07, 6.45) is 71.7. The van der Waals surface area contributed by atoms with Crippen molar-refractivity contribution >= 4 is 17.9 Å². The molecule has 0 aromatic rings. The van der Waals surface area contributed by atoms with Crippen LogP contribution in [0.4, 0.5) is 0 Å². The molecule has 0 aromatic carbocycles. The highest BCUT2D eigenvalue weighted by Crippen LogP contribution is 2.11. The monoisotopic (exact) mass is 883 g/mol. The van der Waals surface area contributed by atoms with Gasteiger partial charge in [-0.2, -0.15) is 0 Å². The van der Waals surface area contributed by atoms with Gasteiger partial charge in [0.15, 0.2) is 6.10 Å². The highest BCUT2D eigenvalue weighted by molar-refractivity contribution is 5.71. The molecular formula is C58H90O6. The molecule has 0 saturated heterocycles. The predicted molar refractivity (Wildman–Crippen MR) is 274 cm³/mol. The summed E-state index contributed by atoms with van der Waals surface area (Å²) < 4.78 is 16.6. The molecule has 0 aliphatic carbocycles. The van der Waals surface area contributed by atoms with Crippen molar-refractivity contribution < 1.29 is 28.6 Å². The second-order valence-electron chi connectivity index (χ2n) is 16.0. The van der Waals surface area contributed by atoms with E-state index < -0.39 is 12.1 Å². The maximum Gasteiger partial charge on any atom is 0.306 e. The van der Waals surface area contributed by atoms with E-state index in [-0.39, 0.29) is 31.6 Å². The molecule has 0 spiro atoms. The summed E-state index contributed by atoms with van der Waals surface area (Å²) in [5.41, 5.74) is 0. The largest absolute Gasteiger partial charge is 0.462 e. The molecule has 0 heterocycles. The van der Waals surface area contributed by atoms with Gasteiger partial charge in [-0.05, 0) is 116 Å². The smallest absolute Gasteiger partial charge is 0.306 e. The molecule has 1 atom stereocenters. The van der Waals surface area contributed by atoms with Crippen molar-refractivity contribution in [3.05, 3.63) is 134 Å². The minimum Gasteiger partial charge on any atom is -0.462 e. The van der Waals surface area contributed by atoms with Crippen molar-refractivity contribution in [1.29, 1.82) is 0 Å². The van der Waals surface area contributed by atoms with Crippen molar-refractivity contribution in [2.45, 2.75) is 200 Å². The van der Waals surface area contributed by atoms with E-state index in [4.69, 9.17) is 14.2 Å². The van der Waals surface area contributed by atoms with E-state index in [1.54, 1.807) is 0 Å². The van der Waals surface area contributed by atoms with E-state index in [9.17, 15) is 14.4 Å². The number of ether oxygens (including phenoxy) is 3. The molecule has 0 amide bonds. The van der Waals surface area contributed by atoms with E-state index in [1.165, 1.54) is 12.8 Å². The van der Waals surface area contributed by atoms with Crippen molar-refractivity contribution in [3.8, 4) is 0 Å². The molecule has 6 heteroatoms. The molecule has 0 fully saturated rings. The van der Waals surface area contributed by atoms with Crippen LogP contribution in [0.2, 0.25) is 0 Å². The van der Waals surface area contributed by atoms with Gasteiger partial charge in [0, 0.05) is 19.3 Å². The SMILES string of the molecule is CC/C=C\C/C=C\C/C=C\C/C=C\C/C=C\C/C=C\CCCCCCC(=O)OCC(COC(=O)CCCCCCC/C=C\CCC)OC(=O)CC/C=C\C/C=C\C/C=C\C/C=C\CC. The maximum absolute atomic E-state index is 12.7. The van der Waals surface area contributed by atoms with Crippen molar-refractivity contribution in [3.63, 3.8) is 0 Å². The second kappa shape index (κ2) is 51.2. The van der Waals surface area contributed by atoms with E-state index in [0.29, 0.717) is 19.3 Å². The van der Waals surface area contributed by atoms with Crippen LogP contribution in [0, 0.1) is 0 Å².